The molecule has 1 aliphatic rings. The zero-order valence-electron chi connectivity index (χ0n) is 13.1. The Bertz CT molecular complexity index is 693. The van der Waals surface area contributed by atoms with E-state index in [1.807, 2.05) is 16.8 Å². The van der Waals surface area contributed by atoms with Crippen molar-refractivity contribution in [3.05, 3.63) is 69.9 Å². The first kappa shape index (κ1) is 16.0. The van der Waals surface area contributed by atoms with Crippen molar-refractivity contribution in [3.63, 3.8) is 0 Å². The van der Waals surface area contributed by atoms with Crippen LogP contribution in [0.1, 0.15) is 34.8 Å². The van der Waals surface area contributed by atoms with Gasteiger partial charge in [-0.05, 0) is 64.4 Å². The molecule has 4 heteroatoms. The number of amides is 1. The van der Waals surface area contributed by atoms with Gasteiger partial charge in [0.2, 0.25) is 5.91 Å². The number of thiophene rings is 1. The van der Waals surface area contributed by atoms with Gasteiger partial charge in [0.05, 0.1) is 12.6 Å². The van der Waals surface area contributed by atoms with Gasteiger partial charge < -0.3 is 10.0 Å². The first-order valence-electron chi connectivity index (χ1n) is 7.89. The van der Waals surface area contributed by atoms with Crippen molar-refractivity contribution in [2.75, 3.05) is 6.54 Å². The van der Waals surface area contributed by atoms with Crippen LogP contribution in [0.3, 0.4) is 0 Å². The van der Waals surface area contributed by atoms with Crippen LogP contribution in [0, 0.1) is 0 Å². The largest absolute Gasteiger partial charge is 0.387 e. The van der Waals surface area contributed by atoms with E-state index < -0.39 is 6.10 Å². The highest BCUT2D eigenvalue weighted by Crippen LogP contribution is 2.24. The smallest absolute Gasteiger partial charge is 0.246 e. The first-order chi connectivity index (χ1) is 11.2. The number of carbonyl (C=O) groups is 1. The molecule has 1 amide bonds. The normalized spacial score (nSPS) is 14.3. The Morgan fingerprint density at radius 2 is 2.17 bits per heavy atom. The Morgan fingerprint density at radius 1 is 1.35 bits per heavy atom. The van der Waals surface area contributed by atoms with Gasteiger partial charge >= 0.3 is 0 Å². The zero-order chi connectivity index (χ0) is 16.2. The number of carbonyl (C=O) groups excluding carboxylic acids is 1. The van der Waals surface area contributed by atoms with E-state index in [2.05, 4.69) is 24.8 Å². The van der Waals surface area contributed by atoms with Crippen molar-refractivity contribution in [1.29, 1.82) is 0 Å². The number of aliphatic hydroxyl groups excluding tert-OH is 1. The molecule has 1 N–H and O–H groups in total. The summed E-state index contributed by atoms with van der Waals surface area (Å²) in [6.45, 7) is 4.36. The van der Waals surface area contributed by atoms with E-state index in [-0.39, 0.29) is 12.5 Å². The summed E-state index contributed by atoms with van der Waals surface area (Å²) in [6.07, 6.45) is 4.14. The highest BCUT2D eigenvalue weighted by atomic mass is 32.1. The highest BCUT2D eigenvalue weighted by Gasteiger charge is 2.18. The van der Waals surface area contributed by atoms with Crippen LogP contribution in [-0.4, -0.2) is 22.5 Å². The van der Waals surface area contributed by atoms with Crippen LogP contribution in [0.2, 0.25) is 0 Å². The van der Waals surface area contributed by atoms with Crippen LogP contribution < -0.4 is 0 Å². The second-order valence-corrected chi connectivity index (χ2v) is 6.73. The number of aryl methyl sites for hydroxylation is 2. The number of fused-ring (bicyclic) bond motifs is 1. The first-order valence-corrected chi connectivity index (χ1v) is 8.84. The maximum Gasteiger partial charge on any atom is 0.246 e. The molecule has 1 unspecified atom stereocenters. The molecule has 0 aliphatic heterocycles. The number of nitrogens with zero attached hydrogens (tertiary/aromatic N) is 1. The molecule has 2 aromatic rings. The molecule has 0 radical (unpaired) electrons. The third kappa shape index (κ3) is 3.71. The van der Waals surface area contributed by atoms with Gasteiger partial charge in [-0.25, -0.2) is 0 Å². The van der Waals surface area contributed by atoms with Crippen LogP contribution in [0.15, 0.2) is 47.7 Å². The second-order valence-electron chi connectivity index (χ2n) is 5.95. The van der Waals surface area contributed by atoms with E-state index in [9.17, 15) is 9.90 Å². The quantitative estimate of drug-likeness (QED) is 0.825. The van der Waals surface area contributed by atoms with E-state index in [1.165, 1.54) is 23.6 Å². The van der Waals surface area contributed by atoms with Gasteiger partial charge in [0, 0.05) is 6.54 Å². The Balaban J connectivity index is 1.74. The fraction of sp³-hybridized carbons (Fsp3) is 0.316. The predicted octanol–water partition coefficient (Wildman–Crippen LogP) is 3.49. The SMILES string of the molecule is C=CC(=O)N(Cc1ccc2c(c1)CCC2)CC(O)c1ccsc1. The van der Waals surface area contributed by atoms with Gasteiger partial charge in [-0.1, -0.05) is 24.8 Å². The molecule has 0 saturated heterocycles. The number of aliphatic hydroxyl groups is 1. The summed E-state index contributed by atoms with van der Waals surface area (Å²) in [5.74, 6) is -0.153. The van der Waals surface area contributed by atoms with E-state index in [1.54, 1.807) is 16.2 Å². The maximum atomic E-state index is 12.2. The number of benzene rings is 1. The van der Waals surface area contributed by atoms with Crippen LogP contribution >= 0.6 is 11.3 Å². The van der Waals surface area contributed by atoms with Crippen molar-refractivity contribution in [3.8, 4) is 0 Å². The van der Waals surface area contributed by atoms with E-state index >= 15 is 0 Å². The fourth-order valence-electron chi connectivity index (χ4n) is 3.08. The summed E-state index contributed by atoms with van der Waals surface area (Å²) in [5, 5.41) is 14.2. The van der Waals surface area contributed by atoms with Crippen LogP contribution in [0.5, 0.6) is 0 Å². The van der Waals surface area contributed by atoms with Crippen molar-refractivity contribution >= 4 is 17.2 Å². The van der Waals surface area contributed by atoms with Gasteiger partial charge in [0.25, 0.3) is 0 Å². The standard InChI is InChI=1S/C19H21NO2S/c1-2-19(22)20(12-18(21)17-8-9-23-13-17)11-14-6-7-15-4-3-5-16(15)10-14/h2,6-10,13,18,21H,1,3-5,11-12H2. The molecule has 1 aliphatic carbocycles. The third-order valence-electron chi connectivity index (χ3n) is 4.34. The minimum Gasteiger partial charge on any atom is -0.387 e. The lowest BCUT2D eigenvalue weighted by atomic mass is 10.1. The third-order valence-corrected chi connectivity index (χ3v) is 5.05. The van der Waals surface area contributed by atoms with E-state index in [4.69, 9.17) is 0 Å². The molecule has 3 nitrogen and oxygen atoms in total. The maximum absolute atomic E-state index is 12.2. The molecule has 0 spiro atoms. The molecular formula is C19H21NO2S. The fourth-order valence-corrected chi connectivity index (χ4v) is 3.79. The predicted molar refractivity (Wildman–Crippen MR) is 93.4 cm³/mol. The average molecular weight is 327 g/mol. The molecule has 1 aromatic carbocycles. The average Bonchev–Trinajstić information content (AvgIpc) is 3.24. The summed E-state index contributed by atoms with van der Waals surface area (Å²) < 4.78 is 0. The summed E-state index contributed by atoms with van der Waals surface area (Å²) in [4.78, 5) is 13.8. The lowest BCUT2D eigenvalue weighted by Crippen LogP contribution is -2.33. The monoisotopic (exact) mass is 327 g/mol. The van der Waals surface area contributed by atoms with Gasteiger partial charge in [-0.3, -0.25) is 4.79 Å². The highest BCUT2D eigenvalue weighted by molar-refractivity contribution is 7.07. The molecular weight excluding hydrogens is 306 g/mol. The Labute approximate surface area is 140 Å². The van der Waals surface area contributed by atoms with Crippen molar-refractivity contribution in [2.24, 2.45) is 0 Å². The number of hydrogen-bond acceptors (Lipinski definition) is 3. The zero-order valence-corrected chi connectivity index (χ0v) is 13.9. The molecule has 23 heavy (non-hydrogen) atoms. The van der Waals surface area contributed by atoms with E-state index in [0.29, 0.717) is 6.54 Å². The van der Waals surface area contributed by atoms with Gasteiger partial charge in [0.1, 0.15) is 0 Å². The summed E-state index contributed by atoms with van der Waals surface area (Å²) in [7, 11) is 0. The topological polar surface area (TPSA) is 40.5 Å². The lowest BCUT2D eigenvalue weighted by molar-refractivity contribution is -0.128. The van der Waals surface area contributed by atoms with Crippen molar-refractivity contribution < 1.29 is 9.90 Å². The number of rotatable bonds is 6. The minimum atomic E-state index is -0.667. The molecule has 1 heterocycles. The van der Waals surface area contributed by atoms with Crippen molar-refractivity contribution in [1.82, 2.24) is 4.90 Å². The second kappa shape index (κ2) is 7.11. The van der Waals surface area contributed by atoms with Gasteiger partial charge in [-0.15, -0.1) is 0 Å². The van der Waals surface area contributed by atoms with E-state index in [0.717, 1.165) is 24.0 Å². The Morgan fingerprint density at radius 3 is 2.91 bits per heavy atom. The molecule has 0 bridgehead atoms. The minimum absolute atomic E-state index is 0.153. The van der Waals surface area contributed by atoms with Gasteiger partial charge in [-0.2, -0.15) is 11.3 Å². The molecule has 3 rings (SSSR count). The molecule has 120 valence electrons. The lowest BCUT2D eigenvalue weighted by Gasteiger charge is -2.24. The van der Waals surface area contributed by atoms with Crippen LogP contribution in [-0.2, 0) is 24.2 Å². The summed E-state index contributed by atoms with van der Waals surface area (Å²) in [6, 6.07) is 8.35. The van der Waals surface area contributed by atoms with Crippen molar-refractivity contribution in [2.45, 2.75) is 31.9 Å². The summed E-state index contributed by atoms with van der Waals surface area (Å²) >= 11 is 1.54. The Hall–Kier alpha value is -1.91. The molecule has 1 atom stereocenters. The molecule has 1 aromatic heterocycles. The Kier molecular flexibility index (Phi) is 4.94. The molecule has 0 saturated carbocycles. The van der Waals surface area contributed by atoms with Crippen LogP contribution in [0.25, 0.3) is 0 Å². The van der Waals surface area contributed by atoms with Crippen LogP contribution in [0.4, 0.5) is 0 Å². The number of hydrogen-bond donors (Lipinski definition) is 1. The molecule has 0 fully saturated rings. The summed E-state index contributed by atoms with van der Waals surface area (Å²) in [5.41, 5.74) is 4.78. The van der Waals surface area contributed by atoms with Gasteiger partial charge in [0.15, 0.2) is 0 Å².